The van der Waals surface area contributed by atoms with Gasteiger partial charge in [0, 0.05) is 31.9 Å². The number of hydrogen-bond acceptors (Lipinski definition) is 7. The Bertz CT molecular complexity index is 674. The van der Waals surface area contributed by atoms with Crippen LogP contribution < -0.4 is 10.6 Å². The third kappa shape index (κ3) is 6.26. The second kappa shape index (κ2) is 8.88. The molecule has 1 saturated heterocycles. The number of aromatic carboxylic acids is 1. The predicted molar refractivity (Wildman–Crippen MR) is 102 cm³/mol. The van der Waals surface area contributed by atoms with Crippen LogP contribution in [0, 0.1) is 0 Å². The van der Waals surface area contributed by atoms with Gasteiger partial charge in [0.2, 0.25) is 5.95 Å². The predicted octanol–water partition coefficient (Wildman–Crippen LogP) is 2.81. The van der Waals surface area contributed by atoms with Crippen LogP contribution in [-0.2, 0) is 4.74 Å². The van der Waals surface area contributed by atoms with E-state index < -0.39 is 11.6 Å². The summed E-state index contributed by atoms with van der Waals surface area (Å²) in [7, 11) is 0. The molecule has 0 aliphatic carbocycles. The first kappa shape index (κ1) is 20.7. The van der Waals surface area contributed by atoms with Gasteiger partial charge in [0.25, 0.3) is 0 Å². The first-order chi connectivity index (χ1) is 12.7. The number of carboxylic acids is 1. The molecular formula is C18H29N5O4. The van der Waals surface area contributed by atoms with Gasteiger partial charge in [0.1, 0.15) is 17.0 Å². The van der Waals surface area contributed by atoms with E-state index in [-0.39, 0.29) is 23.5 Å². The molecule has 0 spiro atoms. The van der Waals surface area contributed by atoms with Crippen molar-refractivity contribution < 1.29 is 19.4 Å². The Kier molecular flexibility index (Phi) is 6.81. The van der Waals surface area contributed by atoms with Crippen molar-refractivity contribution in [3.05, 3.63) is 11.8 Å². The molecule has 3 N–H and O–H groups in total. The van der Waals surface area contributed by atoms with Crippen molar-refractivity contribution in [2.45, 2.75) is 58.6 Å². The molecule has 0 bridgehead atoms. The zero-order chi connectivity index (χ0) is 20.0. The second-order valence-corrected chi connectivity index (χ2v) is 7.60. The molecule has 1 aliphatic rings. The van der Waals surface area contributed by atoms with Crippen LogP contribution in [0.2, 0.25) is 0 Å². The highest BCUT2D eigenvalue weighted by Gasteiger charge is 2.30. The summed E-state index contributed by atoms with van der Waals surface area (Å²) in [5.74, 6) is -0.454. The molecule has 9 heteroatoms. The molecule has 1 aromatic rings. The quantitative estimate of drug-likeness (QED) is 0.619. The van der Waals surface area contributed by atoms with E-state index in [1.54, 1.807) is 4.90 Å². The average molecular weight is 379 g/mol. The molecule has 0 aromatic carbocycles. The number of carbonyl (C=O) groups excluding carboxylic acids is 1. The van der Waals surface area contributed by atoms with E-state index in [9.17, 15) is 14.7 Å². The number of anilines is 2. The van der Waals surface area contributed by atoms with Gasteiger partial charge in [-0.2, -0.15) is 4.98 Å². The normalized spacial score (nSPS) is 16.9. The highest BCUT2D eigenvalue weighted by atomic mass is 16.6. The van der Waals surface area contributed by atoms with Crippen molar-refractivity contribution in [2.75, 3.05) is 30.3 Å². The van der Waals surface area contributed by atoms with Crippen LogP contribution in [0.5, 0.6) is 0 Å². The molecule has 150 valence electrons. The molecule has 27 heavy (non-hydrogen) atoms. The number of amides is 1. The van der Waals surface area contributed by atoms with E-state index in [0.29, 0.717) is 25.5 Å². The first-order valence-corrected chi connectivity index (χ1v) is 9.28. The smallest absolute Gasteiger partial charge is 0.410 e. The SMILES string of the molecule is CCCCNc1ncc(C(=O)O)c(N[C@H]2CCN(C(=O)OC(C)(C)C)C2)n1. The lowest BCUT2D eigenvalue weighted by Gasteiger charge is -2.24. The summed E-state index contributed by atoms with van der Waals surface area (Å²) in [4.78, 5) is 33.6. The minimum absolute atomic E-state index is 0.00626. The minimum atomic E-state index is -1.10. The van der Waals surface area contributed by atoms with Crippen molar-refractivity contribution in [3.8, 4) is 0 Å². The van der Waals surface area contributed by atoms with E-state index in [1.165, 1.54) is 6.20 Å². The maximum Gasteiger partial charge on any atom is 0.410 e. The van der Waals surface area contributed by atoms with E-state index >= 15 is 0 Å². The Morgan fingerprint density at radius 2 is 2.15 bits per heavy atom. The number of unbranched alkanes of at least 4 members (excludes halogenated alkanes) is 1. The lowest BCUT2D eigenvalue weighted by molar-refractivity contribution is 0.0293. The molecule has 1 atom stereocenters. The molecular weight excluding hydrogens is 350 g/mol. The van der Waals surface area contributed by atoms with Gasteiger partial charge < -0.3 is 25.4 Å². The van der Waals surface area contributed by atoms with Crippen LogP contribution in [0.1, 0.15) is 57.3 Å². The van der Waals surface area contributed by atoms with Crippen molar-refractivity contribution in [1.29, 1.82) is 0 Å². The summed E-state index contributed by atoms with van der Waals surface area (Å²) in [6, 6.07) is -0.103. The lowest BCUT2D eigenvalue weighted by atomic mass is 10.2. The molecule has 0 saturated carbocycles. The molecule has 0 radical (unpaired) electrons. The summed E-state index contributed by atoms with van der Waals surface area (Å²) < 4.78 is 5.39. The standard InChI is InChI=1S/C18H29N5O4/c1-5-6-8-19-16-20-10-13(15(24)25)14(22-16)21-12-7-9-23(11-12)17(26)27-18(2,3)4/h10,12H,5-9,11H2,1-4H3,(H,24,25)(H2,19,20,21,22)/t12-/m0/s1. The van der Waals surface area contributed by atoms with Crippen LogP contribution in [0.3, 0.4) is 0 Å². The summed E-state index contributed by atoms with van der Waals surface area (Å²) in [5.41, 5.74) is -0.545. The van der Waals surface area contributed by atoms with Crippen molar-refractivity contribution >= 4 is 23.8 Å². The highest BCUT2D eigenvalue weighted by Crippen LogP contribution is 2.21. The van der Waals surface area contributed by atoms with E-state index in [1.807, 2.05) is 20.8 Å². The molecule has 1 aliphatic heterocycles. The molecule has 1 amide bonds. The van der Waals surface area contributed by atoms with E-state index in [0.717, 1.165) is 19.4 Å². The van der Waals surface area contributed by atoms with Crippen LogP contribution >= 0.6 is 0 Å². The third-order valence-electron chi connectivity index (χ3n) is 4.01. The number of ether oxygens (including phenoxy) is 1. The number of aromatic nitrogens is 2. The van der Waals surface area contributed by atoms with Crippen LogP contribution in [0.4, 0.5) is 16.6 Å². The van der Waals surface area contributed by atoms with E-state index in [2.05, 4.69) is 27.5 Å². The van der Waals surface area contributed by atoms with Crippen molar-refractivity contribution in [3.63, 3.8) is 0 Å². The maximum atomic E-state index is 12.2. The molecule has 1 fully saturated rings. The Hall–Kier alpha value is -2.58. The topological polar surface area (TPSA) is 117 Å². The van der Waals surface area contributed by atoms with Gasteiger partial charge in [-0.05, 0) is 33.6 Å². The monoisotopic (exact) mass is 379 g/mol. The number of nitrogens with zero attached hydrogens (tertiary/aromatic N) is 3. The van der Waals surface area contributed by atoms with Gasteiger partial charge in [0.15, 0.2) is 0 Å². The summed E-state index contributed by atoms with van der Waals surface area (Å²) >= 11 is 0. The molecule has 0 unspecified atom stereocenters. The van der Waals surface area contributed by atoms with Gasteiger partial charge in [0.05, 0.1) is 0 Å². The Balaban J connectivity index is 2.04. The maximum absolute atomic E-state index is 12.2. The Morgan fingerprint density at radius 3 is 2.78 bits per heavy atom. The number of likely N-dealkylation sites (tertiary alicyclic amines) is 1. The number of carbonyl (C=O) groups is 2. The second-order valence-electron chi connectivity index (χ2n) is 7.60. The molecule has 1 aromatic heterocycles. The fourth-order valence-corrected chi connectivity index (χ4v) is 2.67. The zero-order valence-electron chi connectivity index (χ0n) is 16.4. The average Bonchev–Trinajstić information content (AvgIpc) is 3.02. The third-order valence-corrected chi connectivity index (χ3v) is 4.01. The highest BCUT2D eigenvalue weighted by molar-refractivity contribution is 5.93. The summed E-state index contributed by atoms with van der Waals surface area (Å²) in [6.45, 7) is 9.24. The molecule has 9 nitrogen and oxygen atoms in total. The number of carboxylic acid groups (broad SMARTS) is 1. The minimum Gasteiger partial charge on any atom is -0.477 e. The van der Waals surface area contributed by atoms with Crippen LogP contribution in [0.15, 0.2) is 6.20 Å². The van der Waals surface area contributed by atoms with Gasteiger partial charge in [-0.3, -0.25) is 0 Å². The van der Waals surface area contributed by atoms with Gasteiger partial charge in [-0.15, -0.1) is 0 Å². The van der Waals surface area contributed by atoms with E-state index in [4.69, 9.17) is 4.74 Å². The summed E-state index contributed by atoms with van der Waals surface area (Å²) in [5, 5.41) is 15.6. The first-order valence-electron chi connectivity index (χ1n) is 9.28. The van der Waals surface area contributed by atoms with Crippen LogP contribution in [0.25, 0.3) is 0 Å². The molecule has 2 rings (SSSR count). The Morgan fingerprint density at radius 1 is 1.41 bits per heavy atom. The fourth-order valence-electron chi connectivity index (χ4n) is 2.67. The van der Waals surface area contributed by atoms with Gasteiger partial charge in [-0.25, -0.2) is 14.6 Å². The summed E-state index contributed by atoms with van der Waals surface area (Å²) in [6.07, 6.45) is 3.62. The van der Waals surface area contributed by atoms with Crippen LogP contribution in [-0.4, -0.2) is 63.3 Å². The largest absolute Gasteiger partial charge is 0.477 e. The van der Waals surface area contributed by atoms with Crippen molar-refractivity contribution in [1.82, 2.24) is 14.9 Å². The lowest BCUT2D eigenvalue weighted by Crippen LogP contribution is -2.36. The number of nitrogens with one attached hydrogen (secondary N) is 2. The van der Waals surface area contributed by atoms with Gasteiger partial charge in [-0.1, -0.05) is 13.3 Å². The Labute approximate surface area is 159 Å². The zero-order valence-corrected chi connectivity index (χ0v) is 16.4. The van der Waals surface area contributed by atoms with Gasteiger partial charge >= 0.3 is 12.1 Å². The number of rotatable bonds is 7. The van der Waals surface area contributed by atoms with Crippen molar-refractivity contribution in [2.24, 2.45) is 0 Å². The number of hydrogen-bond donors (Lipinski definition) is 3. The molecule has 2 heterocycles. The fraction of sp³-hybridized carbons (Fsp3) is 0.667.